The van der Waals surface area contributed by atoms with Crippen molar-refractivity contribution in [1.82, 2.24) is 14.3 Å². The molecule has 7 nitrogen and oxygen atoms in total. The number of nitrogens with two attached hydrogens (primary N) is 1. The summed E-state index contributed by atoms with van der Waals surface area (Å²) >= 11 is 0. The summed E-state index contributed by atoms with van der Waals surface area (Å²) in [5, 5.41) is 0. The molecule has 0 saturated carbocycles. The summed E-state index contributed by atoms with van der Waals surface area (Å²) in [4.78, 5) is 8.31. The topological polar surface area (TPSA) is 98.4 Å². The molecule has 1 aliphatic heterocycles. The standard InChI is InChI=1S/C16H20N4O3S/c1-10-6-13(7-11(2)15(10)23-3)24(21,22)20-8-12(9-20)14-4-5-18-16(17)19-14/h4-7,12H,8-9H2,1-3H3,(H2,17,18,19). The Labute approximate surface area is 141 Å². The molecule has 0 aliphatic carbocycles. The minimum atomic E-state index is -3.52. The third-order valence-corrected chi connectivity index (χ3v) is 6.05. The van der Waals surface area contributed by atoms with E-state index in [2.05, 4.69) is 9.97 Å². The van der Waals surface area contributed by atoms with E-state index in [1.54, 1.807) is 31.5 Å². The number of rotatable bonds is 4. The highest BCUT2D eigenvalue weighted by Crippen LogP contribution is 2.33. The second-order valence-corrected chi connectivity index (χ2v) is 7.89. The van der Waals surface area contributed by atoms with E-state index in [9.17, 15) is 8.42 Å². The first kappa shape index (κ1) is 16.7. The van der Waals surface area contributed by atoms with Gasteiger partial charge in [-0.25, -0.2) is 18.4 Å². The summed E-state index contributed by atoms with van der Waals surface area (Å²) in [6.07, 6.45) is 1.59. The number of benzene rings is 1. The molecule has 1 saturated heterocycles. The van der Waals surface area contributed by atoms with Gasteiger partial charge in [-0.05, 0) is 43.2 Å². The predicted octanol–water partition coefficient (Wildman–Crippen LogP) is 1.47. The molecule has 0 unspecified atom stereocenters. The highest BCUT2D eigenvalue weighted by atomic mass is 32.2. The van der Waals surface area contributed by atoms with Crippen LogP contribution >= 0.6 is 0 Å². The number of hydrogen-bond acceptors (Lipinski definition) is 6. The van der Waals surface area contributed by atoms with Crippen molar-refractivity contribution in [3.63, 3.8) is 0 Å². The third-order valence-electron chi connectivity index (χ3n) is 4.24. The lowest BCUT2D eigenvalue weighted by atomic mass is 9.99. The molecule has 2 aromatic rings. The van der Waals surface area contributed by atoms with E-state index in [4.69, 9.17) is 10.5 Å². The van der Waals surface area contributed by atoms with Gasteiger partial charge in [-0.15, -0.1) is 0 Å². The van der Waals surface area contributed by atoms with Crippen LogP contribution in [0, 0.1) is 13.8 Å². The van der Waals surface area contributed by atoms with Crippen LogP contribution in [0.5, 0.6) is 5.75 Å². The molecule has 0 amide bonds. The monoisotopic (exact) mass is 348 g/mol. The number of ether oxygens (including phenoxy) is 1. The molecule has 0 bridgehead atoms. The summed E-state index contributed by atoms with van der Waals surface area (Å²) in [6.45, 7) is 4.46. The van der Waals surface area contributed by atoms with Gasteiger partial charge in [-0.2, -0.15) is 4.31 Å². The van der Waals surface area contributed by atoms with Gasteiger partial charge in [0.1, 0.15) is 5.75 Å². The fourth-order valence-corrected chi connectivity index (χ4v) is 4.67. The van der Waals surface area contributed by atoms with Crippen LogP contribution in [0.25, 0.3) is 0 Å². The Hall–Kier alpha value is -2.19. The maximum absolute atomic E-state index is 12.8. The van der Waals surface area contributed by atoms with Crippen molar-refractivity contribution >= 4 is 16.0 Å². The van der Waals surface area contributed by atoms with Crippen molar-refractivity contribution in [1.29, 1.82) is 0 Å². The second kappa shape index (κ2) is 6.03. The number of aromatic nitrogens is 2. The lowest BCUT2D eigenvalue weighted by Gasteiger charge is -2.37. The van der Waals surface area contributed by atoms with Crippen LogP contribution in [-0.2, 0) is 10.0 Å². The highest BCUT2D eigenvalue weighted by Gasteiger charge is 2.38. The zero-order chi connectivity index (χ0) is 17.5. The second-order valence-electron chi connectivity index (χ2n) is 5.95. The summed E-state index contributed by atoms with van der Waals surface area (Å²) in [7, 11) is -1.94. The maximum Gasteiger partial charge on any atom is 0.243 e. The van der Waals surface area contributed by atoms with Crippen molar-refractivity contribution < 1.29 is 13.2 Å². The van der Waals surface area contributed by atoms with Crippen LogP contribution in [-0.4, -0.2) is 42.9 Å². The number of nitrogens with zero attached hydrogens (tertiary/aromatic N) is 3. The van der Waals surface area contributed by atoms with Gasteiger partial charge in [-0.1, -0.05) is 0 Å². The summed E-state index contributed by atoms with van der Waals surface area (Å²) in [5.41, 5.74) is 7.96. The molecule has 0 spiro atoms. The van der Waals surface area contributed by atoms with Gasteiger partial charge in [0.25, 0.3) is 0 Å². The Balaban J connectivity index is 1.81. The van der Waals surface area contributed by atoms with Crippen molar-refractivity contribution in [2.75, 3.05) is 25.9 Å². The van der Waals surface area contributed by atoms with Crippen molar-refractivity contribution in [3.8, 4) is 5.75 Å². The molecule has 128 valence electrons. The van der Waals surface area contributed by atoms with E-state index in [0.717, 1.165) is 16.8 Å². The third kappa shape index (κ3) is 2.83. The SMILES string of the molecule is COc1c(C)cc(S(=O)(=O)N2CC(c3ccnc(N)n3)C2)cc1C. The average Bonchev–Trinajstić information content (AvgIpc) is 2.45. The first-order valence-electron chi connectivity index (χ1n) is 7.56. The van der Waals surface area contributed by atoms with Gasteiger partial charge in [0, 0.05) is 25.2 Å². The van der Waals surface area contributed by atoms with E-state index >= 15 is 0 Å². The molecule has 1 aliphatic rings. The van der Waals surface area contributed by atoms with Gasteiger partial charge in [0.2, 0.25) is 16.0 Å². The molecule has 0 atom stereocenters. The van der Waals surface area contributed by atoms with Crippen molar-refractivity contribution in [2.45, 2.75) is 24.7 Å². The largest absolute Gasteiger partial charge is 0.496 e. The Morgan fingerprint density at radius 1 is 1.25 bits per heavy atom. The van der Waals surface area contributed by atoms with E-state index in [-0.39, 0.29) is 11.9 Å². The normalized spacial score (nSPS) is 16.0. The molecule has 1 fully saturated rings. The lowest BCUT2D eigenvalue weighted by Crippen LogP contribution is -2.48. The van der Waals surface area contributed by atoms with E-state index in [0.29, 0.717) is 23.7 Å². The van der Waals surface area contributed by atoms with Crippen molar-refractivity contribution in [2.24, 2.45) is 0 Å². The van der Waals surface area contributed by atoms with Gasteiger partial charge in [0.05, 0.1) is 17.7 Å². The molecule has 1 aromatic carbocycles. The number of methoxy groups -OCH3 is 1. The Kier molecular flexibility index (Phi) is 4.18. The van der Waals surface area contributed by atoms with E-state index < -0.39 is 10.0 Å². The summed E-state index contributed by atoms with van der Waals surface area (Å²) in [5.74, 6) is 0.965. The molecule has 3 rings (SSSR count). The smallest absolute Gasteiger partial charge is 0.243 e. The molecule has 8 heteroatoms. The van der Waals surface area contributed by atoms with Crippen LogP contribution in [0.4, 0.5) is 5.95 Å². The Bertz CT molecular complexity index is 854. The fourth-order valence-electron chi connectivity index (χ4n) is 2.97. The van der Waals surface area contributed by atoms with Crippen LogP contribution in [0.2, 0.25) is 0 Å². The zero-order valence-corrected chi connectivity index (χ0v) is 14.7. The molecule has 2 N–H and O–H groups in total. The summed E-state index contributed by atoms with van der Waals surface area (Å²) < 4.78 is 32.3. The lowest BCUT2D eigenvalue weighted by molar-refractivity contribution is 0.260. The van der Waals surface area contributed by atoms with E-state index in [1.807, 2.05) is 13.8 Å². The number of anilines is 1. The predicted molar refractivity (Wildman–Crippen MR) is 90.4 cm³/mol. The first-order chi connectivity index (χ1) is 11.3. The van der Waals surface area contributed by atoms with Crippen LogP contribution in [0.15, 0.2) is 29.3 Å². The number of sulfonamides is 1. The first-order valence-corrected chi connectivity index (χ1v) is 9.00. The minimum absolute atomic E-state index is 0.0468. The number of aryl methyl sites for hydroxylation is 2. The van der Waals surface area contributed by atoms with Gasteiger partial charge < -0.3 is 10.5 Å². The van der Waals surface area contributed by atoms with Gasteiger partial charge in [-0.3, -0.25) is 0 Å². The molecule has 2 heterocycles. The van der Waals surface area contributed by atoms with Crippen LogP contribution in [0.1, 0.15) is 22.7 Å². The fraction of sp³-hybridized carbons (Fsp3) is 0.375. The van der Waals surface area contributed by atoms with Gasteiger partial charge in [0.15, 0.2) is 0 Å². The number of hydrogen-bond donors (Lipinski definition) is 1. The maximum atomic E-state index is 12.8. The molecule has 1 aromatic heterocycles. The van der Waals surface area contributed by atoms with Crippen LogP contribution in [0.3, 0.4) is 0 Å². The van der Waals surface area contributed by atoms with Crippen LogP contribution < -0.4 is 10.5 Å². The molecular weight excluding hydrogens is 328 g/mol. The molecule has 0 radical (unpaired) electrons. The quantitative estimate of drug-likeness (QED) is 0.898. The van der Waals surface area contributed by atoms with Gasteiger partial charge >= 0.3 is 0 Å². The minimum Gasteiger partial charge on any atom is -0.496 e. The molecular formula is C16H20N4O3S. The zero-order valence-electron chi connectivity index (χ0n) is 13.9. The Morgan fingerprint density at radius 3 is 2.42 bits per heavy atom. The molecule has 24 heavy (non-hydrogen) atoms. The average molecular weight is 348 g/mol. The highest BCUT2D eigenvalue weighted by molar-refractivity contribution is 7.89. The Morgan fingerprint density at radius 2 is 1.88 bits per heavy atom. The number of nitrogen functional groups attached to an aromatic ring is 1. The van der Waals surface area contributed by atoms with Crippen molar-refractivity contribution in [3.05, 3.63) is 41.2 Å². The van der Waals surface area contributed by atoms with E-state index in [1.165, 1.54) is 4.31 Å². The summed E-state index contributed by atoms with van der Waals surface area (Å²) in [6, 6.07) is 5.07.